The van der Waals surface area contributed by atoms with E-state index >= 15 is 0 Å². The number of benzene rings is 2. The summed E-state index contributed by atoms with van der Waals surface area (Å²) in [7, 11) is 1.50. The average molecular weight is 570 g/mol. The van der Waals surface area contributed by atoms with Crippen molar-refractivity contribution in [2.24, 2.45) is 5.10 Å². The lowest BCUT2D eigenvalue weighted by atomic mass is 9.95. The van der Waals surface area contributed by atoms with Gasteiger partial charge in [-0.3, -0.25) is 9.59 Å². The van der Waals surface area contributed by atoms with Crippen molar-refractivity contribution in [2.45, 2.75) is 45.1 Å². The van der Waals surface area contributed by atoms with Crippen molar-refractivity contribution in [1.29, 1.82) is 0 Å². The second kappa shape index (κ2) is 11.6. The number of anilines is 1. The van der Waals surface area contributed by atoms with Crippen LogP contribution in [0.25, 0.3) is 6.08 Å². The number of carbonyl (C=O) groups is 3. The van der Waals surface area contributed by atoms with Crippen molar-refractivity contribution >= 4 is 51.2 Å². The number of carboxylic acid groups (broad SMARTS) is 1. The summed E-state index contributed by atoms with van der Waals surface area (Å²) < 4.78 is 11.9. The fraction of sp³-hybridized carbons (Fsp3) is 0.333. The van der Waals surface area contributed by atoms with Crippen molar-refractivity contribution in [3.8, 4) is 11.5 Å². The molecule has 0 aromatic heterocycles. The summed E-state index contributed by atoms with van der Waals surface area (Å²) >= 11 is 3.52. The summed E-state index contributed by atoms with van der Waals surface area (Å²) in [5, 5.41) is 17.8. The van der Waals surface area contributed by atoms with E-state index in [-0.39, 0.29) is 30.0 Å². The molecule has 0 radical (unpaired) electrons. The Morgan fingerprint density at radius 3 is 2.65 bits per heavy atom. The van der Waals surface area contributed by atoms with Crippen molar-refractivity contribution in [3.63, 3.8) is 0 Å². The number of methoxy groups -OCH3 is 1. The van der Waals surface area contributed by atoms with Gasteiger partial charge in [0, 0.05) is 10.5 Å². The number of ether oxygens (including phenoxy) is 2. The van der Waals surface area contributed by atoms with E-state index in [0.29, 0.717) is 38.5 Å². The fourth-order valence-electron chi connectivity index (χ4n) is 4.38. The molecule has 2 aromatic rings. The molecule has 2 aliphatic rings. The van der Waals surface area contributed by atoms with Crippen LogP contribution in [0.2, 0.25) is 0 Å². The number of aromatic carboxylic acids is 1. The minimum atomic E-state index is -1.09. The highest BCUT2D eigenvalue weighted by molar-refractivity contribution is 9.10. The summed E-state index contributed by atoms with van der Waals surface area (Å²) in [4.78, 5) is 36.8. The zero-order valence-corrected chi connectivity index (χ0v) is 22.2. The molecule has 9 nitrogen and oxygen atoms in total. The molecule has 1 heterocycles. The van der Waals surface area contributed by atoms with Crippen LogP contribution in [0.3, 0.4) is 0 Å². The number of halogens is 1. The molecule has 0 spiro atoms. The van der Waals surface area contributed by atoms with Crippen LogP contribution >= 0.6 is 15.9 Å². The zero-order valence-electron chi connectivity index (χ0n) is 20.6. The fourth-order valence-corrected chi connectivity index (χ4v) is 4.82. The monoisotopic (exact) mass is 569 g/mol. The second-order valence-corrected chi connectivity index (χ2v) is 9.79. The van der Waals surface area contributed by atoms with E-state index in [0.717, 1.165) is 25.7 Å². The summed E-state index contributed by atoms with van der Waals surface area (Å²) in [5.41, 5.74) is 1.90. The third kappa shape index (κ3) is 6.19. The lowest BCUT2D eigenvalue weighted by molar-refractivity contribution is -0.124. The van der Waals surface area contributed by atoms with Crippen molar-refractivity contribution in [1.82, 2.24) is 5.32 Å². The number of carboxylic acids is 1. The van der Waals surface area contributed by atoms with Gasteiger partial charge in [-0.15, -0.1) is 0 Å². The molecule has 10 heteroatoms. The van der Waals surface area contributed by atoms with Crippen LogP contribution in [-0.2, 0) is 9.59 Å². The maximum Gasteiger partial charge on any atom is 0.335 e. The Morgan fingerprint density at radius 1 is 1.19 bits per heavy atom. The molecule has 0 bridgehead atoms. The third-order valence-corrected chi connectivity index (χ3v) is 7.00. The smallest absolute Gasteiger partial charge is 0.335 e. The van der Waals surface area contributed by atoms with E-state index in [9.17, 15) is 19.5 Å². The average Bonchev–Trinajstić information content (AvgIpc) is 3.17. The van der Waals surface area contributed by atoms with Gasteiger partial charge < -0.3 is 19.9 Å². The van der Waals surface area contributed by atoms with E-state index in [1.165, 1.54) is 30.7 Å². The van der Waals surface area contributed by atoms with Crippen molar-refractivity contribution < 1.29 is 29.0 Å². The van der Waals surface area contributed by atoms with Crippen LogP contribution in [0, 0.1) is 0 Å². The predicted molar refractivity (Wildman–Crippen MR) is 143 cm³/mol. The van der Waals surface area contributed by atoms with E-state index < -0.39 is 5.97 Å². The zero-order chi connectivity index (χ0) is 26.5. The molecule has 0 unspecified atom stereocenters. The van der Waals surface area contributed by atoms with Gasteiger partial charge in [0.1, 0.15) is 0 Å². The topological polar surface area (TPSA) is 118 Å². The molecule has 1 aliphatic heterocycles. The largest absolute Gasteiger partial charge is 0.493 e. The van der Waals surface area contributed by atoms with Gasteiger partial charge in [0.2, 0.25) is 0 Å². The number of hydrogen-bond donors (Lipinski definition) is 2. The minimum absolute atomic E-state index is 0.0612. The molecule has 4 rings (SSSR count). The number of nitrogens with zero attached hydrogens (tertiary/aromatic N) is 2. The van der Waals surface area contributed by atoms with Crippen LogP contribution in [-0.4, -0.2) is 48.4 Å². The van der Waals surface area contributed by atoms with Crippen molar-refractivity contribution in [2.75, 3.05) is 18.7 Å². The molecule has 1 aliphatic carbocycles. The molecule has 0 atom stereocenters. The number of nitrogens with one attached hydrogen (secondary N) is 1. The van der Waals surface area contributed by atoms with E-state index in [1.54, 1.807) is 37.3 Å². The number of hydrogen-bond acceptors (Lipinski definition) is 6. The molecule has 0 saturated heterocycles. The van der Waals surface area contributed by atoms with Crippen LogP contribution in [0.4, 0.5) is 5.69 Å². The maximum absolute atomic E-state index is 13.2. The quantitative estimate of drug-likeness (QED) is 0.441. The molecule has 2 aromatic carbocycles. The highest BCUT2D eigenvalue weighted by atomic mass is 79.9. The summed E-state index contributed by atoms with van der Waals surface area (Å²) in [6, 6.07) is 9.64. The molecule has 194 valence electrons. The summed E-state index contributed by atoms with van der Waals surface area (Å²) in [6.45, 7) is 1.58. The van der Waals surface area contributed by atoms with Gasteiger partial charge in [0.15, 0.2) is 18.1 Å². The first kappa shape index (κ1) is 26.4. The minimum Gasteiger partial charge on any atom is -0.493 e. The van der Waals surface area contributed by atoms with E-state index in [4.69, 9.17) is 9.47 Å². The maximum atomic E-state index is 13.2. The van der Waals surface area contributed by atoms with Gasteiger partial charge in [-0.25, -0.2) is 4.79 Å². The number of hydrazone groups is 1. The highest BCUT2D eigenvalue weighted by Gasteiger charge is 2.29. The molecular weight excluding hydrogens is 542 g/mol. The first-order valence-electron chi connectivity index (χ1n) is 12.0. The van der Waals surface area contributed by atoms with Crippen LogP contribution in [0.5, 0.6) is 11.5 Å². The first-order chi connectivity index (χ1) is 17.8. The van der Waals surface area contributed by atoms with Gasteiger partial charge in [-0.1, -0.05) is 41.3 Å². The Kier molecular flexibility index (Phi) is 8.27. The van der Waals surface area contributed by atoms with Gasteiger partial charge >= 0.3 is 5.97 Å². The van der Waals surface area contributed by atoms with Crippen LogP contribution in [0.1, 0.15) is 54.9 Å². The van der Waals surface area contributed by atoms with E-state index in [2.05, 4.69) is 26.3 Å². The van der Waals surface area contributed by atoms with Gasteiger partial charge in [-0.2, -0.15) is 10.1 Å². The predicted octanol–water partition coefficient (Wildman–Crippen LogP) is 4.79. The number of amides is 2. The van der Waals surface area contributed by atoms with Gasteiger partial charge in [-0.05, 0) is 61.7 Å². The lowest BCUT2D eigenvalue weighted by Gasteiger charge is -2.22. The Bertz CT molecular complexity index is 1280. The number of carbonyl (C=O) groups excluding carboxylic acids is 2. The Morgan fingerprint density at radius 2 is 1.95 bits per heavy atom. The van der Waals surface area contributed by atoms with Crippen LogP contribution in [0.15, 0.2) is 51.5 Å². The standard InChI is InChI=1S/C27H28BrN3O6/c1-16-21(26(33)31(30-16)20-10-6-7-17(11-20)27(34)35)12-18-13-23(36-2)24(14-22(18)28)37-15-25(32)29-19-8-4-3-5-9-19/h6-7,10-14,19H,3-5,8-9,15H2,1-2H3,(H,29,32)(H,34,35)/b21-12+. The first-order valence-corrected chi connectivity index (χ1v) is 12.8. The lowest BCUT2D eigenvalue weighted by Crippen LogP contribution is -2.39. The van der Waals surface area contributed by atoms with Gasteiger partial charge in [0.05, 0.1) is 29.6 Å². The molecule has 2 N–H and O–H groups in total. The Hall–Kier alpha value is -3.66. The summed E-state index contributed by atoms with van der Waals surface area (Å²) in [6.07, 6.45) is 7.13. The molecule has 2 amide bonds. The second-order valence-electron chi connectivity index (χ2n) is 8.93. The Balaban J connectivity index is 1.50. The SMILES string of the molecule is COc1cc(/C=C2/C(=O)N(c3cccc(C(=O)O)c3)N=C2C)c(Br)cc1OCC(=O)NC1CCCCC1. The molecule has 37 heavy (non-hydrogen) atoms. The number of rotatable bonds is 8. The Labute approximate surface area is 223 Å². The molecular formula is C27H28BrN3O6. The molecule has 1 fully saturated rings. The molecule has 1 saturated carbocycles. The highest BCUT2D eigenvalue weighted by Crippen LogP contribution is 2.36. The van der Waals surface area contributed by atoms with E-state index in [1.807, 2.05) is 0 Å². The van der Waals surface area contributed by atoms with Crippen LogP contribution < -0.4 is 19.8 Å². The van der Waals surface area contributed by atoms with Crippen molar-refractivity contribution in [3.05, 3.63) is 57.6 Å². The third-order valence-electron chi connectivity index (χ3n) is 6.31. The normalized spacial score (nSPS) is 17.1. The summed E-state index contributed by atoms with van der Waals surface area (Å²) in [5.74, 6) is -0.843. The van der Waals surface area contributed by atoms with Gasteiger partial charge in [0.25, 0.3) is 11.8 Å².